The Morgan fingerprint density at radius 1 is 0.957 bits per heavy atom. The molecule has 0 saturated carbocycles. The fraction of sp³-hybridized carbons (Fsp3) is 0.342. The topological polar surface area (TPSA) is 90.4 Å². The molecule has 3 amide bonds. The van der Waals surface area contributed by atoms with Gasteiger partial charge in [0.2, 0.25) is 11.8 Å². The molecule has 8 nitrogen and oxygen atoms in total. The number of carbonyl (C=O) groups is 3. The van der Waals surface area contributed by atoms with Crippen LogP contribution in [0.5, 0.6) is 5.75 Å². The van der Waals surface area contributed by atoms with Crippen LogP contribution in [-0.2, 0) is 20.8 Å². The van der Waals surface area contributed by atoms with Crippen LogP contribution < -0.4 is 14.5 Å². The van der Waals surface area contributed by atoms with Crippen LogP contribution in [0.1, 0.15) is 18.4 Å². The van der Waals surface area contributed by atoms with Gasteiger partial charge in [-0.05, 0) is 61.2 Å². The maximum Gasteiger partial charge on any atom is 0.251 e. The number of amides is 3. The van der Waals surface area contributed by atoms with Gasteiger partial charge in [-0.2, -0.15) is 0 Å². The number of para-hydroxylation sites is 1. The fourth-order valence-electron chi connectivity index (χ4n) is 7.78. The highest BCUT2D eigenvalue weighted by Crippen LogP contribution is 2.67. The largest absolute Gasteiger partial charge is 0.497 e. The number of likely N-dealkylation sites (tertiary alicyclic amines) is 1. The van der Waals surface area contributed by atoms with Gasteiger partial charge in [0.25, 0.3) is 5.91 Å². The monoisotopic (exact) mass is 651 g/mol. The minimum Gasteiger partial charge on any atom is -0.497 e. The van der Waals surface area contributed by atoms with E-state index in [1.54, 1.807) is 57.9 Å². The Kier molecular flexibility index (Phi) is 9.57. The van der Waals surface area contributed by atoms with E-state index in [1.165, 1.54) is 0 Å². The van der Waals surface area contributed by atoms with Gasteiger partial charge in [0.1, 0.15) is 11.8 Å². The van der Waals surface area contributed by atoms with Crippen LogP contribution in [0.25, 0.3) is 0 Å². The number of ether oxygens (including phenoxy) is 1. The van der Waals surface area contributed by atoms with Crippen molar-refractivity contribution in [1.29, 1.82) is 0 Å². The number of anilines is 2. The molecule has 0 aromatic heterocycles. The van der Waals surface area contributed by atoms with Crippen molar-refractivity contribution in [3.05, 3.63) is 116 Å². The molecule has 6 atom stereocenters. The Balaban J connectivity index is 1.44. The molecular formula is C38H41N3O5S. The number of carbonyl (C=O) groups excluding carboxylic acids is 3. The number of hydrogen-bond acceptors (Lipinski definition) is 6. The lowest BCUT2D eigenvalue weighted by Crippen LogP contribution is -2.58. The van der Waals surface area contributed by atoms with E-state index in [2.05, 4.69) is 13.2 Å². The molecule has 3 fully saturated rings. The molecule has 9 heteroatoms. The third-order valence-electron chi connectivity index (χ3n) is 9.78. The van der Waals surface area contributed by atoms with Crippen molar-refractivity contribution in [3.8, 4) is 5.75 Å². The average Bonchev–Trinajstić information content (AvgIpc) is 3.76. The lowest BCUT2D eigenvalue weighted by molar-refractivity contribution is -0.141. The van der Waals surface area contributed by atoms with E-state index in [1.807, 2.05) is 72.8 Å². The van der Waals surface area contributed by atoms with Gasteiger partial charge in [0.05, 0.1) is 36.3 Å². The fourth-order valence-corrected chi connectivity index (χ4v) is 9.98. The van der Waals surface area contributed by atoms with Gasteiger partial charge in [-0.25, -0.2) is 0 Å². The number of benzene rings is 3. The van der Waals surface area contributed by atoms with Crippen molar-refractivity contribution in [2.75, 3.05) is 36.6 Å². The first-order chi connectivity index (χ1) is 22.9. The summed E-state index contributed by atoms with van der Waals surface area (Å²) in [6, 6.07) is 24.8. The molecule has 47 heavy (non-hydrogen) atoms. The second kappa shape index (κ2) is 13.8. The van der Waals surface area contributed by atoms with Crippen molar-refractivity contribution in [1.82, 2.24) is 4.90 Å². The standard InChI is InChI=1S/C38H41N3O5S/c1-4-22-39(27-14-10-7-11-15-27)35(43)32-31-20-21-38(47-31)33(32)36(44)41(29(25-42)24-26-12-8-6-9-13-26)34(38)37(45)40(23-5-2)28-16-18-30(46-3)19-17-28/h4-19,29,31-34,42H,1-2,20-25H2,3H3/t29-,31+,32-,33+,34?,38?/m1/s1. The highest BCUT2D eigenvalue weighted by molar-refractivity contribution is 8.02. The van der Waals surface area contributed by atoms with Crippen LogP contribution >= 0.6 is 11.8 Å². The van der Waals surface area contributed by atoms with Crippen molar-refractivity contribution in [2.45, 2.75) is 41.3 Å². The molecule has 3 aromatic rings. The summed E-state index contributed by atoms with van der Waals surface area (Å²) < 4.78 is 4.52. The molecule has 6 rings (SSSR count). The number of aliphatic hydroxyl groups is 1. The van der Waals surface area contributed by atoms with Gasteiger partial charge in [-0.3, -0.25) is 14.4 Å². The first-order valence-electron chi connectivity index (χ1n) is 16.1. The molecule has 3 aliphatic rings. The number of nitrogens with zero attached hydrogens (tertiary/aromatic N) is 3. The van der Waals surface area contributed by atoms with E-state index in [9.17, 15) is 14.7 Å². The molecule has 1 N–H and O–H groups in total. The number of aliphatic hydroxyl groups excluding tert-OH is 1. The number of hydrogen-bond donors (Lipinski definition) is 1. The van der Waals surface area contributed by atoms with Crippen LogP contribution in [-0.4, -0.2) is 76.6 Å². The Hall–Kier alpha value is -4.34. The van der Waals surface area contributed by atoms with Crippen LogP contribution in [0.4, 0.5) is 11.4 Å². The third kappa shape index (κ3) is 5.76. The summed E-state index contributed by atoms with van der Waals surface area (Å²) >= 11 is 1.62. The van der Waals surface area contributed by atoms with Gasteiger partial charge < -0.3 is 24.5 Å². The smallest absolute Gasteiger partial charge is 0.251 e. The van der Waals surface area contributed by atoms with Crippen molar-refractivity contribution < 1.29 is 24.2 Å². The second-order valence-corrected chi connectivity index (χ2v) is 13.9. The van der Waals surface area contributed by atoms with Gasteiger partial charge in [0.15, 0.2) is 0 Å². The van der Waals surface area contributed by atoms with E-state index < -0.39 is 28.7 Å². The number of fused-ring (bicyclic) bond motifs is 1. The Labute approximate surface area is 280 Å². The zero-order valence-corrected chi connectivity index (χ0v) is 27.4. The zero-order chi connectivity index (χ0) is 33.1. The van der Waals surface area contributed by atoms with Crippen LogP contribution in [0.3, 0.4) is 0 Å². The number of methoxy groups -OCH3 is 1. The second-order valence-electron chi connectivity index (χ2n) is 12.3. The van der Waals surface area contributed by atoms with Gasteiger partial charge in [-0.15, -0.1) is 24.9 Å². The normalized spacial score (nSPS) is 24.8. The van der Waals surface area contributed by atoms with Crippen molar-refractivity contribution in [3.63, 3.8) is 0 Å². The summed E-state index contributed by atoms with van der Waals surface area (Å²) in [5.74, 6) is -1.30. The molecule has 0 aliphatic carbocycles. The summed E-state index contributed by atoms with van der Waals surface area (Å²) in [6.45, 7) is 8.02. The molecule has 2 unspecified atom stereocenters. The summed E-state index contributed by atoms with van der Waals surface area (Å²) in [6.07, 6.45) is 5.07. The van der Waals surface area contributed by atoms with Gasteiger partial charge in [0, 0.05) is 29.7 Å². The summed E-state index contributed by atoms with van der Waals surface area (Å²) in [5, 5.41) is 10.7. The van der Waals surface area contributed by atoms with Crippen molar-refractivity contribution >= 4 is 40.9 Å². The van der Waals surface area contributed by atoms with E-state index in [0.29, 0.717) is 37.2 Å². The first kappa shape index (κ1) is 32.6. The lowest BCUT2D eigenvalue weighted by atomic mass is 9.70. The number of thioether (sulfide) groups is 1. The minimum absolute atomic E-state index is 0.111. The molecule has 3 aromatic carbocycles. The Morgan fingerprint density at radius 3 is 2.15 bits per heavy atom. The maximum atomic E-state index is 15.0. The molecule has 3 heterocycles. The van der Waals surface area contributed by atoms with E-state index in [-0.39, 0.29) is 36.1 Å². The maximum absolute atomic E-state index is 15.0. The van der Waals surface area contributed by atoms with E-state index in [4.69, 9.17) is 4.74 Å². The van der Waals surface area contributed by atoms with Crippen LogP contribution in [0, 0.1) is 11.8 Å². The molecular weight excluding hydrogens is 611 g/mol. The molecule has 3 saturated heterocycles. The number of rotatable bonds is 13. The molecule has 3 aliphatic heterocycles. The first-order valence-corrected chi connectivity index (χ1v) is 16.9. The van der Waals surface area contributed by atoms with Crippen LogP contribution in [0.15, 0.2) is 110 Å². The lowest BCUT2D eigenvalue weighted by Gasteiger charge is -2.39. The molecule has 0 radical (unpaired) electrons. The highest BCUT2D eigenvalue weighted by atomic mass is 32.2. The van der Waals surface area contributed by atoms with E-state index >= 15 is 4.79 Å². The van der Waals surface area contributed by atoms with Gasteiger partial charge in [-0.1, -0.05) is 60.7 Å². The quantitative estimate of drug-likeness (QED) is 0.258. The Bertz CT molecular complexity index is 1620. The summed E-state index contributed by atoms with van der Waals surface area (Å²) in [4.78, 5) is 49.5. The SMILES string of the molecule is C=CCN(C(=O)C1N([C@@H](CO)Cc2ccccc2)C(=O)[C@@H]2[C@H](C(=O)N(CC=C)c3ccccc3)[C@@H]3CCC12S3)c1ccc(OC)cc1. The van der Waals surface area contributed by atoms with Crippen LogP contribution in [0.2, 0.25) is 0 Å². The molecule has 1 spiro atoms. The predicted molar refractivity (Wildman–Crippen MR) is 187 cm³/mol. The molecule has 2 bridgehead atoms. The minimum atomic E-state index is -0.889. The highest BCUT2D eigenvalue weighted by Gasteiger charge is 2.74. The van der Waals surface area contributed by atoms with E-state index in [0.717, 1.165) is 11.3 Å². The zero-order valence-electron chi connectivity index (χ0n) is 26.6. The summed E-state index contributed by atoms with van der Waals surface area (Å²) in [5.41, 5.74) is 2.34. The average molecular weight is 652 g/mol. The Morgan fingerprint density at radius 2 is 1.55 bits per heavy atom. The molecule has 244 valence electrons. The summed E-state index contributed by atoms with van der Waals surface area (Å²) in [7, 11) is 1.59. The van der Waals surface area contributed by atoms with Crippen molar-refractivity contribution in [2.24, 2.45) is 11.8 Å². The third-order valence-corrected chi connectivity index (χ3v) is 11.7. The predicted octanol–water partition coefficient (Wildman–Crippen LogP) is 5.13. The van der Waals surface area contributed by atoms with Gasteiger partial charge >= 0.3 is 0 Å².